The molecule has 1 aromatic heterocycles. The zero-order valence-electron chi connectivity index (χ0n) is 16.0. The summed E-state index contributed by atoms with van der Waals surface area (Å²) in [6.07, 6.45) is 2.19. The average molecular weight is 370 g/mol. The lowest BCUT2D eigenvalue weighted by atomic mass is 10.1. The molecular weight excluding hydrogens is 344 g/mol. The summed E-state index contributed by atoms with van der Waals surface area (Å²) in [6.45, 7) is 6.19. The molecule has 2 rings (SSSR count). The molecule has 1 atom stereocenters. The molecule has 2 amide bonds. The monoisotopic (exact) mass is 370 g/mol. The highest BCUT2D eigenvalue weighted by atomic mass is 16.2. The fourth-order valence-corrected chi connectivity index (χ4v) is 2.50. The third-order valence-electron chi connectivity index (χ3n) is 4.19. The van der Waals surface area contributed by atoms with Gasteiger partial charge in [0.05, 0.1) is 6.04 Å². The molecule has 2 aromatic rings. The minimum Gasteiger partial charge on any atom is -0.344 e. The normalized spacial score (nSPS) is 11.7. The highest BCUT2D eigenvalue weighted by molar-refractivity contribution is 5.92. The summed E-state index contributed by atoms with van der Waals surface area (Å²) in [6, 6.07) is 9.87. The van der Waals surface area contributed by atoms with E-state index in [1.807, 2.05) is 26.0 Å². The van der Waals surface area contributed by atoms with Crippen LogP contribution >= 0.6 is 0 Å². The van der Waals surface area contributed by atoms with E-state index < -0.39 is 0 Å². The third-order valence-corrected chi connectivity index (χ3v) is 4.19. The van der Waals surface area contributed by atoms with Gasteiger partial charge in [0.25, 0.3) is 11.5 Å². The van der Waals surface area contributed by atoms with Crippen LogP contribution in [0.2, 0.25) is 0 Å². The number of amides is 2. The van der Waals surface area contributed by atoms with Crippen molar-refractivity contribution in [3.63, 3.8) is 0 Å². The van der Waals surface area contributed by atoms with Gasteiger partial charge in [0.1, 0.15) is 5.69 Å². The summed E-state index contributed by atoms with van der Waals surface area (Å²) in [5.41, 5.74) is 1.62. The van der Waals surface area contributed by atoms with Gasteiger partial charge in [0, 0.05) is 24.7 Å². The Labute approximate surface area is 158 Å². The molecule has 0 aliphatic heterocycles. The maximum absolute atomic E-state index is 12.5. The first kappa shape index (κ1) is 20.4. The van der Waals surface area contributed by atoms with E-state index >= 15 is 0 Å². The number of nitrogens with one attached hydrogen (secondary N) is 2. The highest BCUT2D eigenvalue weighted by Gasteiger charge is 2.14. The van der Waals surface area contributed by atoms with Crippen LogP contribution < -0.4 is 16.2 Å². The number of unbranched alkanes of at least 4 members (excludes halogenated alkanes) is 1. The second-order valence-corrected chi connectivity index (χ2v) is 6.35. The van der Waals surface area contributed by atoms with Crippen molar-refractivity contribution in [2.24, 2.45) is 0 Å². The van der Waals surface area contributed by atoms with E-state index in [4.69, 9.17) is 0 Å². The Morgan fingerprint density at radius 3 is 2.44 bits per heavy atom. The second-order valence-electron chi connectivity index (χ2n) is 6.35. The van der Waals surface area contributed by atoms with Crippen molar-refractivity contribution in [2.45, 2.75) is 52.6 Å². The van der Waals surface area contributed by atoms with Crippen LogP contribution in [0.25, 0.3) is 0 Å². The fourth-order valence-electron chi connectivity index (χ4n) is 2.50. The summed E-state index contributed by atoms with van der Waals surface area (Å²) in [5.74, 6) is -0.385. The van der Waals surface area contributed by atoms with E-state index in [0.29, 0.717) is 18.7 Å². The van der Waals surface area contributed by atoms with Crippen LogP contribution in [0.15, 0.2) is 41.2 Å². The summed E-state index contributed by atoms with van der Waals surface area (Å²) < 4.78 is 1.33. The van der Waals surface area contributed by atoms with E-state index in [1.54, 1.807) is 19.1 Å². The first-order valence-corrected chi connectivity index (χ1v) is 9.23. The molecule has 1 heterocycles. The Hall–Kier alpha value is -2.96. The van der Waals surface area contributed by atoms with Crippen molar-refractivity contribution in [1.82, 2.24) is 15.1 Å². The molecule has 1 aromatic carbocycles. The van der Waals surface area contributed by atoms with Gasteiger partial charge in [0.2, 0.25) is 5.91 Å². The fraction of sp³-hybridized carbons (Fsp3) is 0.400. The van der Waals surface area contributed by atoms with E-state index in [0.717, 1.165) is 18.4 Å². The average Bonchev–Trinajstić information content (AvgIpc) is 2.67. The number of aryl methyl sites for hydroxylation is 1. The Bertz CT molecular complexity index is 843. The van der Waals surface area contributed by atoms with Gasteiger partial charge in [0.15, 0.2) is 0 Å². The minimum absolute atomic E-state index is 0.0478. The molecule has 0 fully saturated rings. The van der Waals surface area contributed by atoms with Gasteiger partial charge in [-0.3, -0.25) is 14.4 Å². The van der Waals surface area contributed by atoms with Crippen molar-refractivity contribution in [3.8, 4) is 0 Å². The number of benzene rings is 1. The molecule has 1 unspecified atom stereocenters. The zero-order chi connectivity index (χ0) is 19.8. The Kier molecular flexibility index (Phi) is 7.28. The predicted octanol–water partition coefficient (Wildman–Crippen LogP) is 2.88. The number of carbonyl (C=O) groups is 2. The first-order chi connectivity index (χ1) is 12.9. The van der Waals surface area contributed by atoms with Gasteiger partial charge < -0.3 is 10.6 Å². The van der Waals surface area contributed by atoms with Crippen LogP contribution in [0.3, 0.4) is 0 Å². The topological polar surface area (TPSA) is 93.1 Å². The SMILES string of the molecule is CCCCn1nc(C(=O)NC(C)c2ccc(NC(=O)CC)cc2)ccc1=O. The highest BCUT2D eigenvalue weighted by Crippen LogP contribution is 2.16. The van der Waals surface area contributed by atoms with Crippen LogP contribution in [0, 0.1) is 0 Å². The van der Waals surface area contributed by atoms with E-state index in [1.165, 1.54) is 16.8 Å². The molecule has 0 saturated heterocycles. The van der Waals surface area contributed by atoms with Crippen molar-refractivity contribution in [1.29, 1.82) is 0 Å². The standard InChI is InChI=1S/C20H26N4O3/c1-4-6-13-24-19(26)12-11-17(23-24)20(27)21-14(3)15-7-9-16(10-8-15)22-18(25)5-2/h7-12,14H,4-6,13H2,1-3H3,(H,21,27)(H,22,25). The molecule has 0 bridgehead atoms. The molecule has 0 aliphatic carbocycles. The van der Waals surface area contributed by atoms with Gasteiger partial charge >= 0.3 is 0 Å². The number of aromatic nitrogens is 2. The molecule has 144 valence electrons. The van der Waals surface area contributed by atoms with Gasteiger partial charge in [-0.2, -0.15) is 5.10 Å². The maximum atomic E-state index is 12.5. The quantitative estimate of drug-likeness (QED) is 0.747. The second kappa shape index (κ2) is 9.66. The lowest BCUT2D eigenvalue weighted by Gasteiger charge is -2.15. The molecule has 27 heavy (non-hydrogen) atoms. The van der Waals surface area contributed by atoms with Crippen molar-refractivity contribution < 1.29 is 9.59 Å². The predicted molar refractivity (Wildman–Crippen MR) is 105 cm³/mol. The van der Waals surface area contributed by atoms with Crippen molar-refractivity contribution in [3.05, 3.63) is 58.0 Å². The Morgan fingerprint density at radius 2 is 1.81 bits per heavy atom. The van der Waals surface area contributed by atoms with Gasteiger partial charge in [-0.1, -0.05) is 32.4 Å². The van der Waals surface area contributed by atoms with Gasteiger partial charge in [-0.05, 0) is 37.1 Å². The minimum atomic E-state index is -0.337. The lowest BCUT2D eigenvalue weighted by Crippen LogP contribution is -2.31. The number of nitrogens with zero attached hydrogens (tertiary/aromatic N) is 2. The smallest absolute Gasteiger partial charge is 0.272 e. The maximum Gasteiger partial charge on any atom is 0.272 e. The van der Waals surface area contributed by atoms with Crippen molar-refractivity contribution >= 4 is 17.5 Å². The number of anilines is 1. The van der Waals surface area contributed by atoms with Crippen molar-refractivity contribution in [2.75, 3.05) is 5.32 Å². The number of hydrogen-bond donors (Lipinski definition) is 2. The van der Waals surface area contributed by atoms with E-state index in [2.05, 4.69) is 15.7 Å². The van der Waals surface area contributed by atoms with Gasteiger partial charge in [-0.25, -0.2) is 4.68 Å². The number of carbonyl (C=O) groups excluding carboxylic acids is 2. The number of rotatable bonds is 8. The van der Waals surface area contributed by atoms with Gasteiger partial charge in [-0.15, -0.1) is 0 Å². The molecule has 0 radical (unpaired) electrons. The molecule has 2 N–H and O–H groups in total. The van der Waals surface area contributed by atoms with Crippen LogP contribution in [0.4, 0.5) is 5.69 Å². The summed E-state index contributed by atoms with van der Waals surface area (Å²) in [5, 5.41) is 9.82. The Balaban J connectivity index is 2.04. The molecule has 0 aliphatic rings. The van der Waals surface area contributed by atoms with Crippen LogP contribution in [0.5, 0.6) is 0 Å². The van der Waals surface area contributed by atoms with E-state index in [9.17, 15) is 14.4 Å². The molecule has 0 saturated carbocycles. The zero-order valence-corrected chi connectivity index (χ0v) is 16.0. The summed E-state index contributed by atoms with van der Waals surface area (Å²) >= 11 is 0. The van der Waals surface area contributed by atoms with Crippen LogP contribution in [0.1, 0.15) is 62.1 Å². The van der Waals surface area contributed by atoms with E-state index in [-0.39, 0.29) is 29.1 Å². The first-order valence-electron chi connectivity index (χ1n) is 9.23. The molecule has 7 nitrogen and oxygen atoms in total. The molecule has 0 spiro atoms. The summed E-state index contributed by atoms with van der Waals surface area (Å²) in [4.78, 5) is 35.7. The Morgan fingerprint density at radius 1 is 1.11 bits per heavy atom. The third kappa shape index (κ3) is 5.77. The summed E-state index contributed by atoms with van der Waals surface area (Å²) in [7, 11) is 0. The van der Waals surface area contributed by atoms with Crippen LogP contribution in [-0.2, 0) is 11.3 Å². The largest absolute Gasteiger partial charge is 0.344 e. The molecule has 7 heteroatoms. The van der Waals surface area contributed by atoms with Crippen LogP contribution in [-0.4, -0.2) is 21.6 Å². The lowest BCUT2D eigenvalue weighted by molar-refractivity contribution is -0.115. The molecular formula is C20H26N4O3. The number of hydrogen-bond acceptors (Lipinski definition) is 4.